The molecule has 0 N–H and O–H groups in total. The molecule has 1 amide bonds. The zero-order valence-corrected chi connectivity index (χ0v) is 7.85. The van der Waals surface area contributed by atoms with Crippen molar-refractivity contribution in [2.75, 3.05) is 13.6 Å². The molecule has 0 heterocycles. The first-order chi connectivity index (χ1) is 4.99. The number of amides is 1. The number of hydrogen-bond donors (Lipinski definition) is 0. The van der Waals surface area contributed by atoms with Crippen LogP contribution < -0.4 is 0 Å². The molecule has 1 aliphatic rings. The molecule has 0 aromatic rings. The predicted octanol–water partition coefficient (Wildman–Crippen LogP) is 1.51. The lowest BCUT2D eigenvalue weighted by Crippen LogP contribution is -2.28. The fourth-order valence-corrected chi connectivity index (χ4v) is 1.31. The molecule has 2 heteroatoms. The minimum atomic E-state index is 0.278. The van der Waals surface area contributed by atoms with Crippen molar-refractivity contribution in [3.05, 3.63) is 0 Å². The molecule has 0 saturated heterocycles. The van der Waals surface area contributed by atoms with Gasteiger partial charge in [0.05, 0.1) is 0 Å². The van der Waals surface area contributed by atoms with Gasteiger partial charge in [0.15, 0.2) is 0 Å². The quantitative estimate of drug-likeness (QED) is 0.592. The van der Waals surface area contributed by atoms with Crippen molar-refractivity contribution in [2.24, 2.45) is 11.3 Å². The van der Waals surface area contributed by atoms with Gasteiger partial charge in [0.25, 0.3) is 0 Å². The normalized spacial score (nSPS) is 26.4. The van der Waals surface area contributed by atoms with E-state index in [1.54, 1.807) is 4.90 Å². The summed E-state index contributed by atoms with van der Waals surface area (Å²) in [5, 5.41) is 0. The Labute approximate surface area is 68.6 Å². The Balaban J connectivity index is 2.46. The van der Waals surface area contributed by atoms with Crippen LogP contribution >= 0.6 is 0 Å². The second kappa shape index (κ2) is 2.50. The van der Waals surface area contributed by atoms with Gasteiger partial charge in [0, 0.05) is 19.5 Å². The van der Waals surface area contributed by atoms with Crippen molar-refractivity contribution in [2.45, 2.75) is 27.2 Å². The lowest BCUT2D eigenvalue weighted by Gasteiger charge is -2.15. The van der Waals surface area contributed by atoms with Gasteiger partial charge in [-0.2, -0.15) is 0 Å². The standard InChI is InChI=1S/C9H17NO/c1-5-10(4)8(11)7-6-9(7,2)3/h7H,5-6H2,1-4H3. The third kappa shape index (κ3) is 1.55. The van der Waals surface area contributed by atoms with Crippen LogP contribution in [-0.2, 0) is 4.79 Å². The minimum absolute atomic E-state index is 0.278. The Morgan fingerprint density at radius 3 is 2.36 bits per heavy atom. The highest BCUT2D eigenvalue weighted by molar-refractivity contribution is 5.82. The first-order valence-corrected chi connectivity index (χ1v) is 4.24. The topological polar surface area (TPSA) is 20.3 Å². The molecule has 2 nitrogen and oxygen atoms in total. The molecule has 1 saturated carbocycles. The second-order valence-electron chi connectivity index (χ2n) is 4.10. The molecule has 1 fully saturated rings. The summed E-state index contributed by atoms with van der Waals surface area (Å²) in [7, 11) is 1.87. The molecule has 0 aromatic carbocycles. The molecule has 0 bridgehead atoms. The molecule has 1 rings (SSSR count). The predicted molar refractivity (Wildman–Crippen MR) is 45.2 cm³/mol. The van der Waals surface area contributed by atoms with Crippen molar-refractivity contribution in [3.63, 3.8) is 0 Å². The van der Waals surface area contributed by atoms with E-state index in [4.69, 9.17) is 0 Å². The van der Waals surface area contributed by atoms with Crippen molar-refractivity contribution in [1.82, 2.24) is 4.90 Å². The van der Waals surface area contributed by atoms with Crippen molar-refractivity contribution in [3.8, 4) is 0 Å². The van der Waals surface area contributed by atoms with Crippen molar-refractivity contribution >= 4 is 5.91 Å². The number of nitrogens with zero attached hydrogens (tertiary/aromatic N) is 1. The average Bonchev–Trinajstić information content (AvgIpc) is 2.56. The van der Waals surface area contributed by atoms with Crippen LogP contribution in [0.5, 0.6) is 0 Å². The zero-order chi connectivity index (χ0) is 8.65. The maximum atomic E-state index is 11.5. The van der Waals surface area contributed by atoms with E-state index in [1.165, 1.54) is 0 Å². The number of hydrogen-bond acceptors (Lipinski definition) is 1. The largest absolute Gasteiger partial charge is 0.346 e. The lowest BCUT2D eigenvalue weighted by molar-refractivity contribution is -0.131. The first kappa shape index (κ1) is 8.57. The molecular formula is C9H17NO. The summed E-state index contributed by atoms with van der Waals surface area (Å²) in [6.45, 7) is 7.14. The van der Waals surface area contributed by atoms with E-state index in [9.17, 15) is 4.79 Å². The highest BCUT2D eigenvalue weighted by Crippen LogP contribution is 2.52. The van der Waals surface area contributed by atoms with E-state index in [2.05, 4.69) is 13.8 Å². The highest BCUT2D eigenvalue weighted by atomic mass is 16.2. The maximum Gasteiger partial charge on any atom is 0.225 e. The van der Waals surface area contributed by atoms with E-state index in [1.807, 2.05) is 14.0 Å². The van der Waals surface area contributed by atoms with Gasteiger partial charge in [-0.3, -0.25) is 4.79 Å². The minimum Gasteiger partial charge on any atom is -0.346 e. The summed E-state index contributed by atoms with van der Waals surface area (Å²) in [5.41, 5.74) is 0.278. The van der Waals surface area contributed by atoms with E-state index in [0.29, 0.717) is 11.8 Å². The fraction of sp³-hybridized carbons (Fsp3) is 0.889. The summed E-state index contributed by atoms with van der Waals surface area (Å²) >= 11 is 0. The van der Waals surface area contributed by atoms with Crippen LogP contribution in [-0.4, -0.2) is 24.4 Å². The summed E-state index contributed by atoms with van der Waals surface area (Å²) in [6.07, 6.45) is 1.07. The van der Waals surface area contributed by atoms with E-state index < -0.39 is 0 Å². The third-order valence-electron chi connectivity index (χ3n) is 2.66. The Morgan fingerprint density at radius 1 is 1.64 bits per heavy atom. The third-order valence-corrected chi connectivity index (χ3v) is 2.66. The summed E-state index contributed by atoms with van der Waals surface area (Å²) in [6, 6.07) is 0. The van der Waals surface area contributed by atoms with Crippen LogP contribution in [0.25, 0.3) is 0 Å². The molecule has 0 radical (unpaired) electrons. The maximum absolute atomic E-state index is 11.5. The summed E-state index contributed by atoms with van der Waals surface area (Å²) < 4.78 is 0. The molecule has 64 valence electrons. The van der Waals surface area contributed by atoms with Crippen LogP contribution in [0, 0.1) is 11.3 Å². The van der Waals surface area contributed by atoms with Crippen LogP contribution in [0.4, 0.5) is 0 Å². The van der Waals surface area contributed by atoms with Crippen LogP contribution in [0.1, 0.15) is 27.2 Å². The number of carbonyl (C=O) groups excluding carboxylic acids is 1. The molecule has 1 unspecified atom stereocenters. The number of carbonyl (C=O) groups is 1. The Kier molecular flexibility index (Phi) is 1.95. The van der Waals surface area contributed by atoms with Crippen LogP contribution in [0.3, 0.4) is 0 Å². The Hall–Kier alpha value is -0.530. The van der Waals surface area contributed by atoms with Gasteiger partial charge in [-0.05, 0) is 18.8 Å². The van der Waals surface area contributed by atoms with Gasteiger partial charge >= 0.3 is 0 Å². The van der Waals surface area contributed by atoms with Gasteiger partial charge in [-0.1, -0.05) is 13.8 Å². The molecule has 0 spiro atoms. The SMILES string of the molecule is CCN(C)C(=O)C1CC1(C)C. The van der Waals surface area contributed by atoms with E-state index >= 15 is 0 Å². The van der Waals surface area contributed by atoms with E-state index in [0.717, 1.165) is 13.0 Å². The second-order valence-corrected chi connectivity index (χ2v) is 4.10. The summed E-state index contributed by atoms with van der Waals surface area (Å²) in [4.78, 5) is 13.3. The monoisotopic (exact) mass is 155 g/mol. The average molecular weight is 155 g/mol. The number of rotatable bonds is 2. The molecule has 11 heavy (non-hydrogen) atoms. The zero-order valence-electron chi connectivity index (χ0n) is 7.85. The highest BCUT2D eigenvalue weighted by Gasteiger charge is 2.51. The lowest BCUT2D eigenvalue weighted by atomic mass is 10.1. The van der Waals surface area contributed by atoms with E-state index in [-0.39, 0.29) is 5.41 Å². The van der Waals surface area contributed by atoms with Gasteiger partial charge < -0.3 is 4.90 Å². The first-order valence-electron chi connectivity index (χ1n) is 4.24. The molecule has 1 aliphatic carbocycles. The summed E-state index contributed by atoms with van der Waals surface area (Å²) in [5.74, 6) is 0.616. The molecule has 1 atom stereocenters. The van der Waals surface area contributed by atoms with Gasteiger partial charge in [-0.25, -0.2) is 0 Å². The van der Waals surface area contributed by atoms with Crippen LogP contribution in [0.2, 0.25) is 0 Å². The smallest absolute Gasteiger partial charge is 0.225 e. The van der Waals surface area contributed by atoms with Crippen LogP contribution in [0.15, 0.2) is 0 Å². The van der Waals surface area contributed by atoms with Gasteiger partial charge in [0.2, 0.25) is 5.91 Å². The van der Waals surface area contributed by atoms with Gasteiger partial charge in [0.1, 0.15) is 0 Å². The van der Waals surface area contributed by atoms with Crippen molar-refractivity contribution in [1.29, 1.82) is 0 Å². The Bertz CT molecular complexity index is 174. The van der Waals surface area contributed by atoms with Crippen molar-refractivity contribution < 1.29 is 4.79 Å². The molecular weight excluding hydrogens is 138 g/mol. The fourth-order valence-electron chi connectivity index (χ4n) is 1.31. The van der Waals surface area contributed by atoms with Gasteiger partial charge in [-0.15, -0.1) is 0 Å². The Morgan fingerprint density at radius 2 is 2.09 bits per heavy atom. The molecule has 0 aromatic heterocycles. The molecule has 0 aliphatic heterocycles.